The number of carboxylic acid groups (broad SMARTS) is 1. The number of amides is 3. The topological polar surface area (TPSA) is 113 Å². The number of hydrogen-bond acceptors (Lipinski definition) is 3. The van der Waals surface area contributed by atoms with Gasteiger partial charge >= 0.3 is 12.0 Å². The summed E-state index contributed by atoms with van der Waals surface area (Å²) in [6.07, 6.45) is 5.20. The van der Waals surface area contributed by atoms with E-state index in [1.165, 1.54) is 6.42 Å². The van der Waals surface area contributed by atoms with Crippen LogP contribution in [0, 0.1) is 0 Å². The molecule has 4 N–H and O–H groups in total. The van der Waals surface area contributed by atoms with Crippen LogP contribution in [0.3, 0.4) is 0 Å². The van der Waals surface area contributed by atoms with E-state index in [1.807, 2.05) is 0 Å². The molecule has 114 valence electrons. The minimum Gasteiger partial charge on any atom is -0.480 e. The fourth-order valence-electron chi connectivity index (χ4n) is 2.23. The quantitative estimate of drug-likeness (QED) is 0.689. The first-order chi connectivity index (χ1) is 9.50. The number of nitrogens with one attached hydrogen (secondary N) is 1. The molecule has 1 atom stereocenters. The summed E-state index contributed by atoms with van der Waals surface area (Å²) in [5.74, 6) is -1.72. The highest BCUT2D eigenvalue weighted by Crippen LogP contribution is 2.11. The molecule has 1 fully saturated rings. The highest BCUT2D eigenvalue weighted by Gasteiger charge is 2.23. The maximum absolute atomic E-state index is 12.1. The van der Waals surface area contributed by atoms with Crippen LogP contribution in [-0.2, 0) is 9.59 Å². The van der Waals surface area contributed by atoms with E-state index in [0.717, 1.165) is 25.7 Å². The van der Waals surface area contributed by atoms with Gasteiger partial charge in [-0.05, 0) is 19.3 Å². The molecule has 0 spiro atoms. The van der Waals surface area contributed by atoms with Crippen molar-refractivity contribution in [2.24, 2.45) is 5.73 Å². The zero-order valence-electron chi connectivity index (χ0n) is 11.6. The lowest BCUT2D eigenvalue weighted by molar-refractivity contribution is -0.139. The van der Waals surface area contributed by atoms with Gasteiger partial charge in [-0.25, -0.2) is 9.59 Å². The third-order valence-corrected chi connectivity index (χ3v) is 3.42. The largest absolute Gasteiger partial charge is 0.480 e. The number of nitrogens with zero attached hydrogens (tertiary/aromatic N) is 1. The van der Waals surface area contributed by atoms with Gasteiger partial charge in [-0.1, -0.05) is 19.3 Å². The van der Waals surface area contributed by atoms with E-state index in [1.54, 1.807) is 4.90 Å². The molecule has 1 rings (SSSR count). The number of hydrogen-bond donors (Lipinski definition) is 3. The summed E-state index contributed by atoms with van der Waals surface area (Å²) in [4.78, 5) is 35.5. The number of likely N-dealkylation sites (tertiary alicyclic amines) is 1. The van der Waals surface area contributed by atoms with Crippen LogP contribution in [0.25, 0.3) is 0 Å². The second-order valence-corrected chi connectivity index (χ2v) is 5.10. The third-order valence-electron chi connectivity index (χ3n) is 3.42. The molecule has 1 heterocycles. The van der Waals surface area contributed by atoms with Crippen molar-refractivity contribution in [2.75, 3.05) is 13.1 Å². The van der Waals surface area contributed by atoms with Crippen molar-refractivity contribution in [3.8, 4) is 0 Å². The standard InChI is InChI=1S/C13H23N3O4/c14-11(17)7-6-10(12(18)19)15-13(20)16-8-4-2-1-3-5-9-16/h10H,1-9H2,(H2,14,17)(H,15,20)(H,18,19)/t10-/m0/s1. The number of aliphatic carboxylic acids is 1. The number of nitrogens with two attached hydrogens (primary N) is 1. The fourth-order valence-corrected chi connectivity index (χ4v) is 2.23. The van der Waals surface area contributed by atoms with Gasteiger partial charge in [-0.3, -0.25) is 4.79 Å². The molecule has 3 amide bonds. The van der Waals surface area contributed by atoms with Crippen LogP contribution in [-0.4, -0.2) is 47.0 Å². The highest BCUT2D eigenvalue weighted by atomic mass is 16.4. The molecule has 0 bridgehead atoms. The first-order valence-corrected chi connectivity index (χ1v) is 7.07. The Morgan fingerprint density at radius 3 is 2.15 bits per heavy atom. The number of urea groups is 1. The van der Waals surface area contributed by atoms with Crippen LogP contribution in [0.1, 0.15) is 44.9 Å². The maximum atomic E-state index is 12.1. The summed E-state index contributed by atoms with van der Waals surface area (Å²) in [5, 5.41) is 11.5. The van der Waals surface area contributed by atoms with Crippen molar-refractivity contribution < 1.29 is 19.5 Å². The van der Waals surface area contributed by atoms with E-state index in [9.17, 15) is 14.4 Å². The second kappa shape index (κ2) is 8.39. The average Bonchev–Trinajstić information content (AvgIpc) is 2.33. The molecule has 20 heavy (non-hydrogen) atoms. The molecular formula is C13H23N3O4. The number of carboxylic acids is 1. The van der Waals surface area contributed by atoms with Gasteiger partial charge < -0.3 is 21.1 Å². The lowest BCUT2D eigenvalue weighted by Gasteiger charge is -2.26. The van der Waals surface area contributed by atoms with Gasteiger partial charge in [0.25, 0.3) is 0 Å². The smallest absolute Gasteiger partial charge is 0.326 e. The monoisotopic (exact) mass is 285 g/mol. The molecule has 0 aromatic heterocycles. The van der Waals surface area contributed by atoms with E-state index >= 15 is 0 Å². The Kier molecular flexibility index (Phi) is 6.83. The average molecular weight is 285 g/mol. The summed E-state index contributed by atoms with van der Waals surface area (Å²) < 4.78 is 0. The molecule has 1 aliphatic rings. The number of primary amides is 1. The van der Waals surface area contributed by atoms with Crippen molar-refractivity contribution in [3.05, 3.63) is 0 Å². The van der Waals surface area contributed by atoms with Crippen LogP contribution >= 0.6 is 0 Å². The Morgan fingerprint density at radius 1 is 1.10 bits per heavy atom. The third kappa shape index (κ3) is 5.90. The van der Waals surface area contributed by atoms with Gasteiger partial charge in [0.15, 0.2) is 0 Å². The van der Waals surface area contributed by atoms with Crippen molar-refractivity contribution in [1.82, 2.24) is 10.2 Å². The van der Waals surface area contributed by atoms with Crippen LogP contribution in [0.15, 0.2) is 0 Å². The van der Waals surface area contributed by atoms with Crippen molar-refractivity contribution in [1.29, 1.82) is 0 Å². The summed E-state index contributed by atoms with van der Waals surface area (Å²) in [5.41, 5.74) is 5.00. The van der Waals surface area contributed by atoms with E-state index in [2.05, 4.69) is 5.32 Å². The summed E-state index contributed by atoms with van der Waals surface area (Å²) >= 11 is 0. The van der Waals surface area contributed by atoms with E-state index < -0.39 is 17.9 Å². The van der Waals surface area contributed by atoms with Crippen LogP contribution < -0.4 is 11.1 Å². The lowest BCUT2D eigenvalue weighted by Crippen LogP contribution is -2.49. The zero-order chi connectivity index (χ0) is 15.0. The van der Waals surface area contributed by atoms with Crippen LogP contribution in [0.4, 0.5) is 4.79 Å². The van der Waals surface area contributed by atoms with E-state index in [4.69, 9.17) is 10.8 Å². The molecule has 0 aliphatic carbocycles. The minimum atomic E-state index is -1.15. The minimum absolute atomic E-state index is 0.0181. The number of carbonyl (C=O) groups is 3. The summed E-state index contributed by atoms with van der Waals surface area (Å²) in [6, 6.07) is -1.44. The zero-order valence-corrected chi connectivity index (χ0v) is 11.6. The first kappa shape index (κ1) is 16.3. The molecule has 7 heteroatoms. The fraction of sp³-hybridized carbons (Fsp3) is 0.769. The SMILES string of the molecule is NC(=O)CC[C@H](NC(=O)N1CCCCCCC1)C(=O)O. The molecular weight excluding hydrogens is 262 g/mol. The molecule has 0 unspecified atom stereocenters. The predicted molar refractivity (Wildman–Crippen MR) is 73.0 cm³/mol. The molecule has 0 aromatic rings. The Balaban J connectivity index is 2.50. The normalized spacial score (nSPS) is 17.7. The van der Waals surface area contributed by atoms with Gasteiger partial charge in [-0.15, -0.1) is 0 Å². The summed E-state index contributed by atoms with van der Waals surface area (Å²) in [7, 11) is 0. The van der Waals surface area contributed by atoms with Crippen molar-refractivity contribution >= 4 is 17.9 Å². The number of rotatable bonds is 5. The Hall–Kier alpha value is -1.79. The Labute approximate surface area is 118 Å². The first-order valence-electron chi connectivity index (χ1n) is 7.07. The van der Waals surface area contributed by atoms with Crippen LogP contribution in [0.5, 0.6) is 0 Å². The molecule has 0 saturated carbocycles. The predicted octanol–water partition coefficient (Wildman–Crippen LogP) is 0.681. The Bertz CT molecular complexity index is 352. The Morgan fingerprint density at radius 2 is 1.65 bits per heavy atom. The molecule has 0 radical (unpaired) electrons. The lowest BCUT2D eigenvalue weighted by atomic mass is 10.1. The van der Waals surface area contributed by atoms with Crippen LogP contribution in [0.2, 0.25) is 0 Å². The van der Waals surface area contributed by atoms with Crippen molar-refractivity contribution in [3.63, 3.8) is 0 Å². The number of carbonyl (C=O) groups excluding carboxylic acids is 2. The second-order valence-electron chi connectivity index (χ2n) is 5.10. The summed E-state index contributed by atoms with van der Waals surface area (Å²) in [6.45, 7) is 1.29. The maximum Gasteiger partial charge on any atom is 0.326 e. The van der Waals surface area contributed by atoms with Gasteiger partial charge in [0.1, 0.15) is 6.04 Å². The molecule has 1 aliphatic heterocycles. The van der Waals surface area contributed by atoms with Crippen molar-refractivity contribution in [2.45, 2.75) is 51.0 Å². The molecule has 1 saturated heterocycles. The van der Waals surface area contributed by atoms with Gasteiger partial charge in [0, 0.05) is 19.5 Å². The highest BCUT2D eigenvalue weighted by molar-refractivity contribution is 5.83. The van der Waals surface area contributed by atoms with E-state index in [-0.39, 0.29) is 18.9 Å². The van der Waals surface area contributed by atoms with E-state index in [0.29, 0.717) is 13.1 Å². The van der Waals surface area contributed by atoms with Gasteiger partial charge in [0.2, 0.25) is 5.91 Å². The molecule has 0 aromatic carbocycles. The molecule has 7 nitrogen and oxygen atoms in total. The van der Waals surface area contributed by atoms with Gasteiger partial charge in [-0.2, -0.15) is 0 Å². The van der Waals surface area contributed by atoms with Gasteiger partial charge in [0.05, 0.1) is 0 Å².